The number of thiophene rings is 1. The summed E-state index contributed by atoms with van der Waals surface area (Å²) in [4.78, 5) is 1.19. The van der Waals surface area contributed by atoms with Gasteiger partial charge < -0.3 is 15.2 Å². The van der Waals surface area contributed by atoms with E-state index in [2.05, 4.69) is 26.1 Å². The van der Waals surface area contributed by atoms with Crippen LogP contribution in [-0.4, -0.2) is 29.9 Å². The predicted molar refractivity (Wildman–Crippen MR) is 72.4 cm³/mol. The third kappa shape index (κ3) is 6.17. The van der Waals surface area contributed by atoms with Crippen molar-refractivity contribution < 1.29 is 9.84 Å². The van der Waals surface area contributed by atoms with Crippen LogP contribution in [0, 0.1) is 0 Å². The Hall–Kier alpha value is -0.420. The summed E-state index contributed by atoms with van der Waals surface area (Å²) < 4.78 is 5.46. The van der Waals surface area contributed by atoms with E-state index in [1.54, 1.807) is 11.3 Å². The Morgan fingerprint density at radius 3 is 2.88 bits per heavy atom. The molecule has 1 atom stereocenters. The number of hydrogen-bond donors (Lipinski definition) is 2. The minimum Gasteiger partial charge on any atom is -0.389 e. The lowest BCUT2D eigenvalue weighted by Crippen LogP contribution is -2.43. The van der Waals surface area contributed by atoms with Gasteiger partial charge in [-0.3, -0.25) is 0 Å². The number of ether oxygens (including phenoxy) is 1. The molecule has 17 heavy (non-hydrogen) atoms. The van der Waals surface area contributed by atoms with E-state index >= 15 is 0 Å². The van der Waals surface area contributed by atoms with Gasteiger partial charge in [-0.05, 0) is 31.7 Å². The molecule has 0 aliphatic rings. The van der Waals surface area contributed by atoms with Crippen molar-refractivity contribution in [2.24, 2.45) is 0 Å². The summed E-state index contributed by atoms with van der Waals surface area (Å²) in [6.07, 6.45) is 0.594. The van der Waals surface area contributed by atoms with Crippen LogP contribution >= 0.6 is 11.3 Å². The number of aliphatic hydroxyl groups is 1. The van der Waals surface area contributed by atoms with Gasteiger partial charge in [0.1, 0.15) is 0 Å². The van der Waals surface area contributed by atoms with Crippen LogP contribution in [0.1, 0.15) is 32.1 Å². The fourth-order valence-corrected chi connectivity index (χ4v) is 1.91. The van der Waals surface area contributed by atoms with Crippen molar-refractivity contribution in [2.75, 3.05) is 13.2 Å². The van der Waals surface area contributed by atoms with Gasteiger partial charge in [-0.15, -0.1) is 11.3 Å². The molecule has 0 aliphatic carbocycles. The maximum absolute atomic E-state index is 9.75. The standard InChI is InChI=1S/C13H23NO2S/c1-4-13(2,3)14-8-11(15)9-16-10-12-6-5-7-17-12/h5-7,11,14-15H,4,8-10H2,1-3H3. The van der Waals surface area contributed by atoms with E-state index in [4.69, 9.17) is 4.74 Å². The molecule has 0 aliphatic heterocycles. The zero-order chi connectivity index (χ0) is 12.7. The number of rotatable bonds is 8. The average Bonchev–Trinajstić information content (AvgIpc) is 2.80. The average molecular weight is 257 g/mol. The van der Waals surface area contributed by atoms with E-state index < -0.39 is 6.10 Å². The van der Waals surface area contributed by atoms with Crippen LogP contribution in [0.2, 0.25) is 0 Å². The van der Waals surface area contributed by atoms with Crippen molar-refractivity contribution in [3.8, 4) is 0 Å². The minimum atomic E-state index is -0.444. The Morgan fingerprint density at radius 2 is 2.29 bits per heavy atom. The SMILES string of the molecule is CCC(C)(C)NCC(O)COCc1cccs1. The highest BCUT2D eigenvalue weighted by molar-refractivity contribution is 7.09. The molecule has 0 fully saturated rings. The molecule has 1 heterocycles. The Kier molecular flexibility index (Phi) is 6.12. The number of aliphatic hydroxyl groups excluding tert-OH is 1. The fraction of sp³-hybridized carbons (Fsp3) is 0.692. The first-order valence-corrected chi connectivity index (χ1v) is 6.94. The van der Waals surface area contributed by atoms with Gasteiger partial charge in [0.05, 0.1) is 19.3 Å². The van der Waals surface area contributed by atoms with Gasteiger partial charge in [-0.1, -0.05) is 13.0 Å². The van der Waals surface area contributed by atoms with Gasteiger partial charge >= 0.3 is 0 Å². The predicted octanol–water partition coefficient (Wildman–Crippen LogP) is 2.40. The van der Waals surface area contributed by atoms with Crippen LogP contribution < -0.4 is 5.32 Å². The van der Waals surface area contributed by atoms with E-state index in [-0.39, 0.29) is 5.54 Å². The minimum absolute atomic E-state index is 0.0781. The maximum Gasteiger partial charge on any atom is 0.0898 e. The largest absolute Gasteiger partial charge is 0.389 e. The molecule has 1 rings (SSSR count). The molecule has 3 nitrogen and oxygen atoms in total. The summed E-state index contributed by atoms with van der Waals surface area (Å²) in [5.41, 5.74) is 0.0781. The molecule has 0 spiro atoms. The van der Waals surface area contributed by atoms with Crippen LogP contribution in [0.15, 0.2) is 17.5 Å². The van der Waals surface area contributed by atoms with Crippen molar-refractivity contribution in [1.82, 2.24) is 5.32 Å². The van der Waals surface area contributed by atoms with Crippen LogP contribution in [0.4, 0.5) is 0 Å². The van der Waals surface area contributed by atoms with Crippen molar-refractivity contribution in [3.63, 3.8) is 0 Å². The zero-order valence-corrected chi connectivity index (χ0v) is 11.7. The quantitative estimate of drug-likeness (QED) is 0.751. The van der Waals surface area contributed by atoms with E-state index in [0.29, 0.717) is 19.8 Å². The summed E-state index contributed by atoms with van der Waals surface area (Å²) in [6.45, 7) is 7.94. The molecule has 98 valence electrons. The van der Waals surface area contributed by atoms with Gasteiger partial charge in [0.15, 0.2) is 0 Å². The highest BCUT2D eigenvalue weighted by Gasteiger charge is 2.15. The maximum atomic E-state index is 9.75. The molecule has 4 heteroatoms. The molecular weight excluding hydrogens is 234 g/mol. The molecule has 0 radical (unpaired) electrons. The normalized spacial score (nSPS) is 13.9. The first kappa shape index (κ1) is 14.6. The summed E-state index contributed by atoms with van der Waals surface area (Å²) in [7, 11) is 0. The molecule has 1 aromatic heterocycles. The molecular formula is C13H23NO2S. The van der Waals surface area contributed by atoms with Crippen LogP contribution in [0.5, 0.6) is 0 Å². The molecule has 2 N–H and O–H groups in total. The fourth-order valence-electron chi connectivity index (χ4n) is 1.27. The molecule has 0 aromatic carbocycles. The Bertz CT molecular complexity index is 298. The third-order valence-corrected chi connectivity index (χ3v) is 3.68. The first-order valence-electron chi connectivity index (χ1n) is 6.06. The van der Waals surface area contributed by atoms with Crippen LogP contribution in [-0.2, 0) is 11.3 Å². The Balaban J connectivity index is 2.11. The summed E-state index contributed by atoms with van der Waals surface area (Å²) in [5, 5.41) is 15.1. The number of nitrogens with one attached hydrogen (secondary N) is 1. The second kappa shape index (κ2) is 7.11. The van der Waals surface area contributed by atoms with E-state index in [9.17, 15) is 5.11 Å². The number of β-amino-alcohol motifs (C(OH)–C–C–N with tert-alkyl or cyclic N) is 1. The molecule has 1 aromatic rings. The molecule has 0 amide bonds. The smallest absolute Gasteiger partial charge is 0.0898 e. The summed E-state index contributed by atoms with van der Waals surface area (Å²) in [5.74, 6) is 0. The summed E-state index contributed by atoms with van der Waals surface area (Å²) >= 11 is 1.67. The van der Waals surface area contributed by atoms with Gasteiger partial charge in [-0.2, -0.15) is 0 Å². The van der Waals surface area contributed by atoms with E-state index in [1.807, 2.05) is 17.5 Å². The lowest BCUT2D eigenvalue weighted by Gasteiger charge is -2.26. The lowest BCUT2D eigenvalue weighted by atomic mass is 10.0. The van der Waals surface area contributed by atoms with Crippen molar-refractivity contribution in [3.05, 3.63) is 22.4 Å². The molecule has 0 saturated carbocycles. The monoisotopic (exact) mass is 257 g/mol. The summed E-state index contributed by atoms with van der Waals surface area (Å²) in [6, 6.07) is 4.04. The molecule has 0 bridgehead atoms. The highest BCUT2D eigenvalue weighted by atomic mass is 32.1. The van der Waals surface area contributed by atoms with Crippen molar-refractivity contribution in [1.29, 1.82) is 0 Å². The first-order chi connectivity index (χ1) is 8.03. The topological polar surface area (TPSA) is 41.5 Å². The van der Waals surface area contributed by atoms with Crippen LogP contribution in [0.25, 0.3) is 0 Å². The van der Waals surface area contributed by atoms with Gasteiger partial charge in [0.25, 0.3) is 0 Å². The second-order valence-corrected chi connectivity index (χ2v) is 5.90. The van der Waals surface area contributed by atoms with Crippen molar-refractivity contribution >= 4 is 11.3 Å². The Labute approximate surface area is 108 Å². The highest BCUT2D eigenvalue weighted by Crippen LogP contribution is 2.10. The lowest BCUT2D eigenvalue weighted by molar-refractivity contribution is 0.0265. The van der Waals surface area contributed by atoms with Gasteiger partial charge in [-0.25, -0.2) is 0 Å². The number of hydrogen-bond acceptors (Lipinski definition) is 4. The van der Waals surface area contributed by atoms with Gasteiger partial charge in [0, 0.05) is 17.0 Å². The second-order valence-electron chi connectivity index (χ2n) is 4.87. The molecule has 1 unspecified atom stereocenters. The van der Waals surface area contributed by atoms with E-state index in [0.717, 1.165) is 6.42 Å². The van der Waals surface area contributed by atoms with Crippen LogP contribution in [0.3, 0.4) is 0 Å². The van der Waals surface area contributed by atoms with Crippen molar-refractivity contribution in [2.45, 2.75) is 45.4 Å². The van der Waals surface area contributed by atoms with Gasteiger partial charge in [0.2, 0.25) is 0 Å². The third-order valence-electron chi connectivity index (χ3n) is 2.83. The van der Waals surface area contributed by atoms with E-state index in [1.165, 1.54) is 4.88 Å². The molecule has 0 saturated heterocycles. The Morgan fingerprint density at radius 1 is 1.53 bits per heavy atom. The zero-order valence-electron chi connectivity index (χ0n) is 10.9.